The number of hydrogen-bond donors (Lipinski definition) is 0. The minimum atomic E-state index is 1.11. The van der Waals surface area contributed by atoms with Gasteiger partial charge >= 0.3 is 0 Å². The van der Waals surface area contributed by atoms with Crippen molar-refractivity contribution in [2.75, 3.05) is 0 Å². The summed E-state index contributed by atoms with van der Waals surface area (Å²) in [5, 5.41) is 4.98. The average molecular weight is 397 g/mol. The highest BCUT2D eigenvalue weighted by molar-refractivity contribution is 7.20. The van der Waals surface area contributed by atoms with Crippen LogP contribution in [-0.4, -0.2) is 0 Å². The quantitative estimate of drug-likeness (QED) is 0.282. The van der Waals surface area contributed by atoms with E-state index in [4.69, 9.17) is 0 Å². The maximum Gasteiger partial charge on any atom is 0.0430 e. The van der Waals surface area contributed by atoms with Crippen molar-refractivity contribution in [3.05, 3.63) is 82.0 Å². The molecule has 0 radical (unpaired) electrons. The zero-order chi connectivity index (χ0) is 18.7. The second kappa shape index (κ2) is 6.30. The Hall–Kier alpha value is -2.42. The van der Waals surface area contributed by atoms with Crippen molar-refractivity contribution in [2.24, 2.45) is 0 Å². The van der Waals surface area contributed by atoms with Gasteiger partial charge in [-0.15, -0.1) is 22.7 Å². The van der Waals surface area contributed by atoms with Crippen molar-refractivity contribution in [3.8, 4) is 22.3 Å². The number of aryl methyl sites for hydroxylation is 3. The zero-order valence-corrected chi connectivity index (χ0v) is 17.4. The maximum absolute atomic E-state index is 2.41. The molecule has 1 aliphatic rings. The number of thiophene rings is 2. The molecule has 0 aliphatic heterocycles. The zero-order valence-electron chi connectivity index (χ0n) is 15.8. The summed E-state index contributed by atoms with van der Waals surface area (Å²) in [5.41, 5.74) is 8.73. The van der Waals surface area contributed by atoms with Gasteiger partial charge in [-0.05, 0) is 69.8 Å². The summed E-state index contributed by atoms with van der Waals surface area (Å²) >= 11 is 3.86. The molecule has 0 spiro atoms. The van der Waals surface area contributed by atoms with Crippen molar-refractivity contribution in [3.63, 3.8) is 0 Å². The molecule has 2 aromatic heterocycles. The molecule has 6 rings (SSSR count). The minimum absolute atomic E-state index is 1.11. The van der Waals surface area contributed by atoms with Gasteiger partial charge in [-0.1, -0.05) is 55.5 Å². The summed E-state index contributed by atoms with van der Waals surface area (Å²) in [6.07, 6.45) is 3.35. The van der Waals surface area contributed by atoms with Gasteiger partial charge in [0.1, 0.15) is 0 Å². The molecule has 1 aliphatic carbocycles. The molecule has 2 heteroatoms. The van der Waals surface area contributed by atoms with Crippen LogP contribution in [0.2, 0.25) is 0 Å². The molecule has 3 aromatic carbocycles. The van der Waals surface area contributed by atoms with Gasteiger partial charge < -0.3 is 0 Å². The first kappa shape index (κ1) is 16.5. The molecule has 0 saturated carbocycles. The minimum Gasteiger partial charge on any atom is -0.143 e. The Morgan fingerprint density at radius 2 is 1.50 bits per heavy atom. The average Bonchev–Trinajstić information content (AvgIpc) is 3.34. The third kappa shape index (κ3) is 2.41. The molecule has 5 aromatic rings. The maximum atomic E-state index is 2.41. The van der Waals surface area contributed by atoms with Crippen molar-refractivity contribution in [1.29, 1.82) is 0 Å². The van der Waals surface area contributed by atoms with Crippen LogP contribution in [0.5, 0.6) is 0 Å². The van der Waals surface area contributed by atoms with Crippen LogP contribution in [0.25, 0.3) is 42.4 Å². The van der Waals surface area contributed by atoms with Crippen molar-refractivity contribution < 1.29 is 0 Å². The van der Waals surface area contributed by atoms with E-state index >= 15 is 0 Å². The summed E-state index contributed by atoms with van der Waals surface area (Å²) in [4.78, 5) is 1.50. The number of rotatable bonds is 4. The van der Waals surface area contributed by atoms with Gasteiger partial charge in [0.15, 0.2) is 0 Å². The van der Waals surface area contributed by atoms with E-state index in [0.717, 1.165) is 19.3 Å². The SMILES string of the molecule is CCc1cccc(CCc2cc3ccc4c(c3s2)-c2ccc3ccsc3c2-4)c1. The van der Waals surface area contributed by atoms with Crippen LogP contribution in [0.1, 0.15) is 22.9 Å². The summed E-state index contributed by atoms with van der Waals surface area (Å²) in [6.45, 7) is 2.23. The van der Waals surface area contributed by atoms with Crippen molar-refractivity contribution >= 4 is 42.8 Å². The molecule has 0 atom stereocenters. The second-order valence-corrected chi connectivity index (χ2v) is 9.67. The Morgan fingerprint density at radius 1 is 0.714 bits per heavy atom. The predicted molar refractivity (Wildman–Crippen MR) is 125 cm³/mol. The van der Waals surface area contributed by atoms with E-state index in [2.05, 4.69) is 73.0 Å². The van der Waals surface area contributed by atoms with Crippen LogP contribution in [0.3, 0.4) is 0 Å². The summed E-state index contributed by atoms with van der Waals surface area (Å²) in [6, 6.07) is 22.9. The van der Waals surface area contributed by atoms with Gasteiger partial charge in [-0.2, -0.15) is 0 Å². The lowest BCUT2D eigenvalue weighted by Crippen LogP contribution is -1.98. The Balaban J connectivity index is 1.36. The Bertz CT molecular complexity index is 1350. The van der Waals surface area contributed by atoms with Gasteiger partial charge in [0.25, 0.3) is 0 Å². The molecule has 0 saturated heterocycles. The predicted octanol–water partition coefficient (Wildman–Crippen LogP) is 8.11. The van der Waals surface area contributed by atoms with Gasteiger partial charge in [-0.3, -0.25) is 0 Å². The highest BCUT2D eigenvalue weighted by Crippen LogP contribution is 2.55. The lowest BCUT2D eigenvalue weighted by Gasteiger charge is -2.25. The first-order valence-corrected chi connectivity index (χ1v) is 11.7. The van der Waals surface area contributed by atoms with E-state index in [1.165, 1.54) is 58.4 Å². The van der Waals surface area contributed by atoms with E-state index in [9.17, 15) is 0 Å². The number of benzene rings is 3. The normalized spacial score (nSPS) is 12.2. The summed E-state index contributed by atoms with van der Waals surface area (Å²) in [7, 11) is 0. The molecule has 0 unspecified atom stereocenters. The topological polar surface area (TPSA) is 0 Å². The van der Waals surface area contributed by atoms with Crippen LogP contribution in [0.15, 0.2) is 66.0 Å². The number of fused-ring (bicyclic) bond motifs is 8. The van der Waals surface area contributed by atoms with E-state index in [1.54, 1.807) is 0 Å². The third-order valence-corrected chi connectivity index (χ3v) is 8.13. The lowest BCUT2D eigenvalue weighted by molar-refractivity contribution is 0.973. The lowest BCUT2D eigenvalue weighted by atomic mass is 9.79. The van der Waals surface area contributed by atoms with Gasteiger partial charge in [0, 0.05) is 25.4 Å². The second-order valence-electron chi connectivity index (χ2n) is 7.62. The van der Waals surface area contributed by atoms with Crippen LogP contribution < -0.4 is 0 Å². The number of hydrogen-bond acceptors (Lipinski definition) is 2. The van der Waals surface area contributed by atoms with Gasteiger partial charge in [0.05, 0.1) is 0 Å². The fourth-order valence-corrected chi connectivity index (χ4v) is 6.65. The van der Waals surface area contributed by atoms with E-state index in [1.807, 2.05) is 22.7 Å². The van der Waals surface area contributed by atoms with Gasteiger partial charge in [-0.25, -0.2) is 0 Å². The third-order valence-electron chi connectivity index (χ3n) is 5.96. The highest BCUT2D eigenvalue weighted by atomic mass is 32.1. The van der Waals surface area contributed by atoms with Crippen molar-refractivity contribution in [2.45, 2.75) is 26.2 Å². The Morgan fingerprint density at radius 3 is 2.36 bits per heavy atom. The van der Waals surface area contributed by atoms with E-state index in [-0.39, 0.29) is 0 Å². The van der Waals surface area contributed by atoms with Crippen LogP contribution >= 0.6 is 22.7 Å². The smallest absolute Gasteiger partial charge is 0.0430 e. The molecule has 28 heavy (non-hydrogen) atoms. The fraction of sp³-hybridized carbons (Fsp3) is 0.154. The molecule has 0 bridgehead atoms. The molecular formula is C26H20S2. The van der Waals surface area contributed by atoms with Crippen LogP contribution in [0, 0.1) is 0 Å². The van der Waals surface area contributed by atoms with E-state index < -0.39 is 0 Å². The summed E-state index contributed by atoms with van der Waals surface area (Å²) in [5.74, 6) is 0. The monoisotopic (exact) mass is 396 g/mol. The van der Waals surface area contributed by atoms with Crippen LogP contribution in [0.4, 0.5) is 0 Å². The highest BCUT2D eigenvalue weighted by Gasteiger charge is 2.28. The van der Waals surface area contributed by atoms with Gasteiger partial charge in [0.2, 0.25) is 0 Å². The first-order chi connectivity index (χ1) is 13.8. The van der Waals surface area contributed by atoms with Crippen molar-refractivity contribution in [1.82, 2.24) is 0 Å². The van der Waals surface area contributed by atoms with Crippen LogP contribution in [-0.2, 0) is 19.3 Å². The molecule has 0 fully saturated rings. The fourth-order valence-electron chi connectivity index (χ4n) is 4.47. The molecule has 2 heterocycles. The molecule has 0 N–H and O–H groups in total. The molecule has 0 amide bonds. The summed E-state index contributed by atoms with van der Waals surface area (Å²) < 4.78 is 2.91. The molecule has 0 nitrogen and oxygen atoms in total. The Labute approximate surface area is 173 Å². The Kier molecular flexibility index (Phi) is 3.72. The van der Waals surface area contributed by atoms with E-state index in [0.29, 0.717) is 0 Å². The first-order valence-electron chi connectivity index (χ1n) is 9.96. The largest absolute Gasteiger partial charge is 0.143 e. The molecular weight excluding hydrogens is 376 g/mol. The standard InChI is InChI=1S/C26H20S2/c1-2-16-4-3-5-17(14-16)6-9-20-15-19-8-11-22-23-21(24(22)26(19)28-20)10-7-18-12-13-27-25(18)23/h3-5,7-8,10-15H,2,6,9H2,1H3. The molecule has 136 valence electrons.